The van der Waals surface area contributed by atoms with Gasteiger partial charge in [-0.1, -0.05) is 167 Å². The Bertz CT molecular complexity index is 303. The van der Waals surface area contributed by atoms with Crippen molar-refractivity contribution in [1.82, 2.24) is 0 Å². The van der Waals surface area contributed by atoms with E-state index in [0.717, 1.165) is 6.42 Å². The van der Waals surface area contributed by atoms with E-state index in [-0.39, 0.29) is 0 Å². The number of hydrogen-bond donors (Lipinski definition) is 0. The molecule has 0 heteroatoms. The van der Waals surface area contributed by atoms with Crippen LogP contribution in [0.25, 0.3) is 0 Å². The SMILES string of the molecule is [CH2]CCCCCCCCCCCC=CCCCCCCCCCCCCCCCC. The Morgan fingerprint density at radius 1 is 0.367 bits per heavy atom. The van der Waals surface area contributed by atoms with Crippen LogP contribution in [0.5, 0.6) is 0 Å². The number of hydrogen-bond acceptors (Lipinski definition) is 0. The van der Waals surface area contributed by atoms with E-state index in [1.54, 1.807) is 0 Å². The Hall–Kier alpha value is -0.260. The van der Waals surface area contributed by atoms with Gasteiger partial charge in [0, 0.05) is 0 Å². The first-order valence-electron chi connectivity index (χ1n) is 14.4. The van der Waals surface area contributed by atoms with Crippen molar-refractivity contribution in [3.63, 3.8) is 0 Å². The van der Waals surface area contributed by atoms with Crippen LogP contribution in [0, 0.1) is 6.92 Å². The molecule has 30 heavy (non-hydrogen) atoms. The monoisotopic (exact) mass is 419 g/mol. The molecular formula is C30H59. The second kappa shape index (κ2) is 28.7. The molecule has 0 saturated heterocycles. The first-order chi connectivity index (χ1) is 14.9. The maximum atomic E-state index is 3.91. The van der Waals surface area contributed by atoms with Crippen LogP contribution in [0.15, 0.2) is 12.2 Å². The highest BCUT2D eigenvalue weighted by Crippen LogP contribution is 2.14. The number of rotatable bonds is 26. The third-order valence-electron chi connectivity index (χ3n) is 6.51. The predicted molar refractivity (Wildman–Crippen MR) is 140 cm³/mol. The summed E-state index contributed by atoms with van der Waals surface area (Å²) in [6.07, 6.45) is 41.8. The quantitative estimate of drug-likeness (QED) is 0.0965. The summed E-state index contributed by atoms with van der Waals surface area (Å²) >= 11 is 0. The fourth-order valence-corrected chi connectivity index (χ4v) is 4.37. The lowest BCUT2D eigenvalue weighted by Crippen LogP contribution is -1.83. The Labute approximate surface area is 193 Å². The van der Waals surface area contributed by atoms with Crippen molar-refractivity contribution in [3.8, 4) is 0 Å². The van der Waals surface area contributed by atoms with E-state index < -0.39 is 0 Å². The van der Waals surface area contributed by atoms with Crippen LogP contribution >= 0.6 is 0 Å². The van der Waals surface area contributed by atoms with E-state index in [1.807, 2.05) is 0 Å². The van der Waals surface area contributed by atoms with Crippen LogP contribution in [0.3, 0.4) is 0 Å². The second-order valence-electron chi connectivity index (χ2n) is 9.68. The Morgan fingerprint density at radius 3 is 0.933 bits per heavy atom. The van der Waals surface area contributed by atoms with Crippen LogP contribution in [0.2, 0.25) is 0 Å². The summed E-state index contributed by atoms with van der Waals surface area (Å²) in [4.78, 5) is 0. The van der Waals surface area contributed by atoms with Gasteiger partial charge >= 0.3 is 0 Å². The van der Waals surface area contributed by atoms with Gasteiger partial charge in [-0.15, -0.1) is 0 Å². The van der Waals surface area contributed by atoms with Crippen LogP contribution < -0.4 is 0 Å². The van der Waals surface area contributed by atoms with E-state index in [0.29, 0.717) is 0 Å². The molecule has 0 atom stereocenters. The highest BCUT2D eigenvalue weighted by molar-refractivity contribution is 4.81. The minimum Gasteiger partial charge on any atom is -0.0885 e. The highest BCUT2D eigenvalue weighted by Gasteiger charge is 1.94. The van der Waals surface area contributed by atoms with Crippen molar-refractivity contribution in [1.29, 1.82) is 0 Å². The topological polar surface area (TPSA) is 0 Å². The standard InChI is InChI=1S/C30H59/c1-3-5-7-9-11-13-15-17-19-21-23-25-27-29-30-28-26-24-22-20-18-16-14-12-10-8-6-4-2/h25,27H,1,3-24,26,28-30H2,2H3. The zero-order chi connectivity index (χ0) is 21.8. The van der Waals surface area contributed by atoms with Crippen molar-refractivity contribution < 1.29 is 0 Å². The van der Waals surface area contributed by atoms with E-state index in [4.69, 9.17) is 0 Å². The largest absolute Gasteiger partial charge is 0.0885 e. The van der Waals surface area contributed by atoms with Crippen molar-refractivity contribution in [2.45, 2.75) is 174 Å². The van der Waals surface area contributed by atoms with Gasteiger partial charge in [-0.25, -0.2) is 0 Å². The number of allylic oxidation sites excluding steroid dienone is 2. The molecule has 0 aromatic carbocycles. The smallest absolute Gasteiger partial charge is 0.0351 e. The first kappa shape index (κ1) is 29.7. The molecule has 0 aliphatic carbocycles. The van der Waals surface area contributed by atoms with Gasteiger partial charge in [-0.2, -0.15) is 0 Å². The average Bonchev–Trinajstić information content (AvgIpc) is 2.76. The normalized spacial score (nSPS) is 11.7. The van der Waals surface area contributed by atoms with Gasteiger partial charge in [0.05, 0.1) is 0 Å². The van der Waals surface area contributed by atoms with Crippen LogP contribution in [0.4, 0.5) is 0 Å². The zero-order valence-electron chi connectivity index (χ0n) is 21.2. The lowest BCUT2D eigenvalue weighted by Gasteiger charge is -2.03. The van der Waals surface area contributed by atoms with Gasteiger partial charge < -0.3 is 0 Å². The van der Waals surface area contributed by atoms with Gasteiger partial charge in [0.25, 0.3) is 0 Å². The summed E-state index contributed by atoms with van der Waals surface area (Å²) in [6.45, 7) is 6.21. The molecule has 0 rings (SSSR count). The van der Waals surface area contributed by atoms with E-state index in [2.05, 4.69) is 26.0 Å². The van der Waals surface area contributed by atoms with E-state index in [1.165, 1.54) is 161 Å². The first-order valence-corrected chi connectivity index (χ1v) is 14.4. The van der Waals surface area contributed by atoms with Gasteiger partial charge in [0.1, 0.15) is 0 Å². The van der Waals surface area contributed by atoms with Crippen LogP contribution in [-0.2, 0) is 0 Å². The maximum absolute atomic E-state index is 3.91. The van der Waals surface area contributed by atoms with E-state index in [9.17, 15) is 0 Å². The third kappa shape index (κ3) is 27.7. The fourth-order valence-electron chi connectivity index (χ4n) is 4.37. The zero-order valence-corrected chi connectivity index (χ0v) is 21.2. The Kier molecular flexibility index (Phi) is 28.5. The summed E-state index contributed by atoms with van der Waals surface area (Å²) in [5, 5.41) is 0. The predicted octanol–water partition coefficient (Wildman–Crippen LogP) is 11.5. The lowest BCUT2D eigenvalue weighted by atomic mass is 10.0. The van der Waals surface area contributed by atoms with Crippen molar-refractivity contribution in [2.24, 2.45) is 0 Å². The summed E-state index contributed by atoms with van der Waals surface area (Å²) in [5.74, 6) is 0. The molecule has 0 N–H and O–H groups in total. The summed E-state index contributed by atoms with van der Waals surface area (Å²) in [5.41, 5.74) is 0. The molecule has 0 bridgehead atoms. The molecule has 1 radical (unpaired) electrons. The molecule has 0 aromatic heterocycles. The molecule has 0 fully saturated rings. The summed E-state index contributed by atoms with van der Waals surface area (Å²) < 4.78 is 0. The molecule has 0 spiro atoms. The molecule has 0 amide bonds. The third-order valence-corrected chi connectivity index (χ3v) is 6.51. The van der Waals surface area contributed by atoms with Crippen molar-refractivity contribution in [2.75, 3.05) is 0 Å². The summed E-state index contributed by atoms with van der Waals surface area (Å²) in [7, 11) is 0. The lowest BCUT2D eigenvalue weighted by molar-refractivity contribution is 0.536. The minimum atomic E-state index is 1.12. The van der Waals surface area contributed by atoms with Gasteiger partial charge in [-0.05, 0) is 25.7 Å². The van der Waals surface area contributed by atoms with Crippen molar-refractivity contribution >= 4 is 0 Å². The molecule has 0 nitrogen and oxygen atoms in total. The van der Waals surface area contributed by atoms with Crippen molar-refractivity contribution in [3.05, 3.63) is 19.1 Å². The van der Waals surface area contributed by atoms with Crippen LogP contribution in [-0.4, -0.2) is 0 Å². The van der Waals surface area contributed by atoms with Gasteiger partial charge in [0.2, 0.25) is 0 Å². The molecule has 0 aliphatic rings. The number of unbranched alkanes of at least 4 members (excludes halogenated alkanes) is 24. The highest BCUT2D eigenvalue weighted by atomic mass is 14.0. The molecule has 0 saturated carbocycles. The second-order valence-corrected chi connectivity index (χ2v) is 9.68. The molecule has 0 aliphatic heterocycles. The van der Waals surface area contributed by atoms with E-state index >= 15 is 0 Å². The van der Waals surface area contributed by atoms with Gasteiger partial charge in [0.15, 0.2) is 0 Å². The molecule has 0 aromatic rings. The molecule has 0 heterocycles. The van der Waals surface area contributed by atoms with Gasteiger partial charge in [-0.3, -0.25) is 0 Å². The molecule has 0 unspecified atom stereocenters. The Morgan fingerprint density at radius 2 is 0.633 bits per heavy atom. The Balaban J connectivity index is 3.05. The average molecular weight is 420 g/mol. The summed E-state index contributed by atoms with van der Waals surface area (Å²) in [6, 6.07) is 0. The molecular weight excluding hydrogens is 360 g/mol. The van der Waals surface area contributed by atoms with Crippen LogP contribution in [0.1, 0.15) is 174 Å². The maximum Gasteiger partial charge on any atom is -0.0351 e. The minimum absolute atomic E-state index is 1.12. The fraction of sp³-hybridized carbons (Fsp3) is 0.900. The molecule has 179 valence electrons.